The molecule has 0 saturated carbocycles. The minimum absolute atomic E-state index is 0.0601. The van der Waals surface area contributed by atoms with Gasteiger partial charge in [-0.3, -0.25) is 4.79 Å². The first-order chi connectivity index (χ1) is 20.2. The molecule has 0 radical (unpaired) electrons. The molecule has 5 nitrogen and oxygen atoms in total. The summed E-state index contributed by atoms with van der Waals surface area (Å²) in [6.45, 7) is 0. The van der Waals surface area contributed by atoms with Crippen molar-refractivity contribution in [3.05, 3.63) is 125 Å². The maximum absolute atomic E-state index is 13.8. The van der Waals surface area contributed by atoms with Crippen molar-refractivity contribution in [3.63, 3.8) is 0 Å². The van der Waals surface area contributed by atoms with Crippen molar-refractivity contribution in [1.82, 2.24) is 9.97 Å². The number of aromatic nitrogens is 2. The minimum Gasteiger partial charge on any atom is -0.340 e. The van der Waals surface area contributed by atoms with Gasteiger partial charge in [-0.05, 0) is 71.4 Å². The van der Waals surface area contributed by atoms with Crippen molar-refractivity contribution in [2.45, 2.75) is 6.18 Å². The van der Waals surface area contributed by atoms with Gasteiger partial charge in [-0.1, -0.05) is 54.1 Å². The molecule has 0 fully saturated rings. The molecule has 0 aliphatic heterocycles. The Balaban J connectivity index is 1.41. The molecule has 0 saturated heterocycles. The molecule has 0 aliphatic rings. The van der Waals surface area contributed by atoms with Crippen LogP contribution in [0.2, 0.25) is 5.02 Å². The highest BCUT2D eigenvalue weighted by molar-refractivity contribution is 6.31. The summed E-state index contributed by atoms with van der Waals surface area (Å²) in [4.78, 5) is 22.4. The van der Waals surface area contributed by atoms with E-state index in [1.807, 2.05) is 42.5 Å². The first kappa shape index (κ1) is 27.2. The second-order valence-corrected chi connectivity index (χ2v) is 9.84. The summed E-state index contributed by atoms with van der Waals surface area (Å²) < 4.78 is 52.6. The van der Waals surface area contributed by atoms with Gasteiger partial charge < -0.3 is 10.6 Å². The van der Waals surface area contributed by atoms with Gasteiger partial charge in [0.2, 0.25) is 0 Å². The zero-order valence-corrected chi connectivity index (χ0v) is 22.3. The van der Waals surface area contributed by atoms with E-state index in [4.69, 9.17) is 21.6 Å². The highest BCUT2D eigenvalue weighted by Crippen LogP contribution is 2.34. The summed E-state index contributed by atoms with van der Waals surface area (Å²) in [7, 11) is 0. The average Bonchev–Trinajstić information content (AvgIpc) is 2.98. The molecule has 1 heterocycles. The fraction of sp³-hybridized carbons (Fsp3) is 0.0312. The normalized spacial score (nSPS) is 11.5. The summed E-state index contributed by atoms with van der Waals surface area (Å²) in [5.74, 6) is -0.344. The maximum atomic E-state index is 13.8. The second kappa shape index (κ2) is 10.8. The van der Waals surface area contributed by atoms with E-state index < -0.39 is 23.5 Å². The van der Waals surface area contributed by atoms with E-state index in [0.29, 0.717) is 33.9 Å². The number of hydrogen-bond donors (Lipinski definition) is 2. The molecule has 42 heavy (non-hydrogen) atoms. The molecule has 0 atom stereocenters. The molecule has 10 heteroatoms. The number of benzene rings is 5. The van der Waals surface area contributed by atoms with Crippen molar-refractivity contribution in [1.29, 1.82) is 0 Å². The monoisotopic (exact) mass is 586 g/mol. The number of amides is 1. The first-order valence-corrected chi connectivity index (χ1v) is 13.0. The zero-order valence-electron chi connectivity index (χ0n) is 21.5. The van der Waals surface area contributed by atoms with E-state index in [2.05, 4.69) is 10.6 Å². The highest BCUT2D eigenvalue weighted by atomic mass is 35.5. The van der Waals surface area contributed by atoms with Gasteiger partial charge in [-0.2, -0.15) is 13.2 Å². The van der Waals surface area contributed by atoms with Crippen LogP contribution in [0.4, 0.5) is 34.8 Å². The van der Waals surface area contributed by atoms with Crippen LogP contribution in [0, 0.1) is 5.82 Å². The van der Waals surface area contributed by atoms with Crippen LogP contribution in [-0.2, 0) is 6.18 Å². The number of rotatable bonds is 5. The van der Waals surface area contributed by atoms with Crippen LogP contribution in [-0.4, -0.2) is 15.9 Å². The third-order valence-corrected chi connectivity index (χ3v) is 6.93. The molecule has 6 aromatic rings. The summed E-state index contributed by atoms with van der Waals surface area (Å²) in [6.07, 6.45) is -4.50. The number of hydrogen-bond acceptors (Lipinski definition) is 4. The Labute approximate surface area is 241 Å². The number of halogens is 5. The molecule has 1 amide bonds. The lowest BCUT2D eigenvalue weighted by Crippen LogP contribution is -2.13. The zero-order chi connectivity index (χ0) is 29.4. The van der Waals surface area contributed by atoms with Gasteiger partial charge in [0.15, 0.2) is 5.82 Å². The molecule has 0 aliphatic carbocycles. The van der Waals surface area contributed by atoms with Crippen molar-refractivity contribution in [3.8, 4) is 11.4 Å². The first-order valence-electron chi connectivity index (χ1n) is 12.7. The number of carbonyl (C=O) groups is 1. The number of nitrogens with zero attached hydrogens (tertiary/aromatic N) is 2. The molecule has 0 spiro atoms. The summed E-state index contributed by atoms with van der Waals surface area (Å²) in [5, 5.41) is 8.32. The topological polar surface area (TPSA) is 66.9 Å². The SMILES string of the molecule is O=C(Nc1ccc2nc(-c3cccc4ccccc34)nc(Nc3ccc(F)c(Cl)c3)c2c1)c1ccc(C(F)(F)F)cc1. The summed E-state index contributed by atoms with van der Waals surface area (Å²) >= 11 is 6.01. The van der Waals surface area contributed by atoms with Crippen LogP contribution in [0.5, 0.6) is 0 Å². The predicted molar refractivity (Wildman–Crippen MR) is 157 cm³/mol. The molecular weight excluding hydrogens is 568 g/mol. The molecule has 5 aromatic carbocycles. The van der Waals surface area contributed by atoms with Crippen LogP contribution in [0.3, 0.4) is 0 Å². The van der Waals surface area contributed by atoms with Gasteiger partial charge in [0, 0.05) is 27.9 Å². The fourth-order valence-corrected chi connectivity index (χ4v) is 4.75. The minimum atomic E-state index is -4.50. The third-order valence-electron chi connectivity index (χ3n) is 6.64. The van der Waals surface area contributed by atoms with Crippen LogP contribution in [0.1, 0.15) is 15.9 Å². The number of fused-ring (bicyclic) bond motifs is 2. The van der Waals surface area contributed by atoms with Crippen molar-refractivity contribution >= 4 is 56.4 Å². The molecule has 6 rings (SSSR count). The van der Waals surface area contributed by atoms with Crippen molar-refractivity contribution < 1.29 is 22.4 Å². The molecular formula is C32H19ClF4N4O. The average molecular weight is 587 g/mol. The summed E-state index contributed by atoms with van der Waals surface area (Å²) in [5.41, 5.74) is 1.41. The fourth-order valence-electron chi connectivity index (χ4n) is 4.57. The third kappa shape index (κ3) is 5.46. The Morgan fingerprint density at radius 2 is 1.50 bits per heavy atom. The number of alkyl halides is 3. The lowest BCUT2D eigenvalue weighted by molar-refractivity contribution is -0.137. The van der Waals surface area contributed by atoms with Gasteiger partial charge in [0.1, 0.15) is 11.6 Å². The summed E-state index contributed by atoms with van der Waals surface area (Å²) in [6, 6.07) is 26.8. The van der Waals surface area contributed by atoms with Crippen LogP contribution >= 0.6 is 11.6 Å². The Kier molecular flexibility index (Phi) is 6.96. The van der Waals surface area contributed by atoms with Crippen molar-refractivity contribution in [2.24, 2.45) is 0 Å². The van der Waals surface area contributed by atoms with Gasteiger partial charge in [0.25, 0.3) is 5.91 Å². The Morgan fingerprint density at radius 1 is 0.762 bits per heavy atom. The van der Waals surface area contributed by atoms with Gasteiger partial charge in [-0.25, -0.2) is 14.4 Å². The lowest BCUT2D eigenvalue weighted by Gasteiger charge is -2.14. The number of nitrogens with one attached hydrogen (secondary N) is 2. The number of carbonyl (C=O) groups excluding carboxylic acids is 1. The van der Waals surface area contributed by atoms with Gasteiger partial charge in [-0.15, -0.1) is 0 Å². The van der Waals surface area contributed by atoms with E-state index in [1.54, 1.807) is 18.2 Å². The predicted octanol–water partition coefficient (Wildman–Crippen LogP) is 9.26. The molecule has 1 aromatic heterocycles. The van der Waals surface area contributed by atoms with Crippen LogP contribution < -0.4 is 10.6 Å². The molecule has 0 bridgehead atoms. The van der Waals surface area contributed by atoms with E-state index in [0.717, 1.165) is 40.6 Å². The molecule has 0 unspecified atom stereocenters. The quantitative estimate of drug-likeness (QED) is 0.198. The van der Waals surface area contributed by atoms with Gasteiger partial charge in [0.05, 0.1) is 16.1 Å². The van der Waals surface area contributed by atoms with E-state index in [1.165, 1.54) is 18.2 Å². The molecule has 2 N–H and O–H groups in total. The van der Waals surface area contributed by atoms with Crippen LogP contribution in [0.25, 0.3) is 33.1 Å². The maximum Gasteiger partial charge on any atom is 0.416 e. The number of anilines is 3. The van der Waals surface area contributed by atoms with E-state index in [9.17, 15) is 22.4 Å². The lowest BCUT2D eigenvalue weighted by atomic mass is 10.0. The highest BCUT2D eigenvalue weighted by Gasteiger charge is 2.30. The second-order valence-electron chi connectivity index (χ2n) is 9.44. The van der Waals surface area contributed by atoms with Crippen LogP contribution in [0.15, 0.2) is 103 Å². The standard InChI is InChI=1S/C32H19ClF4N4O/c33-26-17-22(12-14-27(26)34)38-30-25-16-21(39-31(42)19-8-10-20(11-9-19)32(35,36)37)13-15-28(25)40-29(41-30)24-7-3-5-18-4-1-2-6-23(18)24/h1-17H,(H,39,42)(H,38,40,41). The van der Waals surface area contributed by atoms with E-state index >= 15 is 0 Å². The van der Waals surface area contributed by atoms with Gasteiger partial charge >= 0.3 is 6.18 Å². The smallest absolute Gasteiger partial charge is 0.340 e. The van der Waals surface area contributed by atoms with Crippen molar-refractivity contribution in [2.75, 3.05) is 10.6 Å². The molecule has 208 valence electrons. The Hall–Kier alpha value is -5.02. The largest absolute Gasteiger partial charge is 0.416 e. The Bertz CT molecular complexity index is 1970. The Morgan fingerprint density at radius 3 is 2.26 bits per heavy atom. The van der Waals surface area contributed by atoms with E-state index in [-0.39, 0.29) is 10.6 Å².